The third kappa shape index (κ3) is 9.57. The fourth-order valence-corrected chi connectivity index (χ4v) is 3.77. The van der Waals surface area contributed by atoms with Gasteiger partial charge in [-0.1, -0.05) is 40.5 Å². The molecule has 0 spiro atoms. The zero-order valence-corrected chi connectivity index (χ0v) is 21.6. The van der Waals surface area contributed by atoms with Crippen molar-refractivity contribution in [2.24, 2.45) is 5.92 Å². The second kappa shape index (κ2) is 14.7. The second-order valence-electron chi connectivity index (χ2n) is 6.98. The molecule has 0 saturated heterocycles. The van der Waals surface area contributed by atoms with E-state index in [-0.39, 0.29) is 40.6 Å². The van der Waals surface area contributed by atoms with Crippen LogP contribution in [0.4, 0.5) is 0 Å². The Morgan fingerprint density at radius 2 is 1.62 bits per heavy atom. The van der Waals surface area contributed by atoms with Crippen molar-refractivity contribution in [3.63, 3.8) is 0 Å². The molecule has 0 aliphatic heterocycles. The van der Waals surface area contributed by atoms with Gasteiger partial charge in [-0.15, -0.1) is 0 Å². The van der Waals surface area contributed by atoms with E-state index in [0.717, 1.165) is 25.7 Å². The molecule has 0 aliphatic rings. The molecule has 6 nitrogen and oxygen atoms in total. The van der Waals surface area contributed by atoms with Gasteiger partial charge in [-0.05, 0) is 43.2 Å². The normalized spacial score (nSPS) is 11.6. The number of aryl methyl sites for hydroxylation is 1. The number of benzene rings is 1. The van der Waals surface area contributed by atoms with E-state index < -0.39 is 10.1 Å². The molecule has 0 atom stereocenters. The van der Waals surface area contributed by atoms with Crippen molar-refractivity contribution >= 4 is 10.1 Å². The molecule has 0 heterocycles. The van der Waals surface area contributed by atoms with Crippen LogP contribution in [0.15, 0.2) is 17.0 Å². The first kappa shape index (κ1) is 28.7. The SMILES string of the molecule is CCC(CC)COCCCc1cc(OC)c(OC(CC)CC)cc1S(=O)(=O)[O-].[Na+]. The molecule has 0 N–H and O–H groups in total. The van der Waals surface area contributed by atoms with Crippen LogP contribution in [0.5, 0.6) is 11.5 Å². The molecule has 8 heteroatoms. The molecule has 1 aromatic rings. The smallest absolute Gasteiger partial charge is 0.744 e. The van der Waals surface area contributed by atoms with Gasteiger partial charge >= 0.3 is 29.6 Å². The van der Waals surface area contributed by atoms with Crippen molar-refractivity contribution in [2.75, 3.05) is 20.3 Å². The van der Waals surface area contributed by atoms with Crippen LogP contribution in [-0.4, -0.2) is 39.4 Å². The van der Waals surface area contributed by atoms with Crippen LogP contribution in [0.3, 0.4) is 0 Å². The Morgan fingerprint density at radius 1 is 1.00 bits per heavy atom. The Labute approximate surface area is 198 Å². The van der Waals surface area contributed by atoms with Crippen molar-refractivity contribution in [2.45, 2.75) is 77.2 Å². The van der Waals surface area contributed by atoms with Gasteiger partial charge in [-0.2, -0.15) is 0 Å². The molecule has 0 radical (unpaired) electrons. The number of ether oxygens (including phenoxy) is 3. The zero-order valence-electron chi connectivity index (χ0n) is 18.8. The van der Waals surface area contributed by atoms with E-state index in [1.54, 1.807) is 6.07 Å². The maximum absolute atomic E-state index is 11.8. The van der Waals surface area contributed by atoms with E-state index in [0.29, 0.717) is 49.0 Å². The summed E-state index contributed by atoms with van der Waals surface area (Å²) in [6, 6.07) is 2.91. The predicted molar refractivity (Wildman–Crippen MR) is 109 cm³/mol. The number of methoxy groups -OCH3 is 1. The maximum Gasteiger partial charge on any atom is 1.00 e. The molecule has 0 amide bonds. The van der Waals surface area contributed by atoms with Crippen molar-refractivity contribution in [1.82, 2.24) is 0 Å². The van der Waals surface area contributed by atoms with Crippen LogP contribution in [0.25, 0.3) is 0 Å². The molecular weight excluding hydrogens is 403 g/mol. The minimum Gasteiger partial charge on any atom is -0.744 e. The molecule has 0 bridgehead atoms. The van der Waals surface area contributed by atoms with Gasteiger partial charge in [0, 0.05) is 19.3 Å². The van der Waals surface area contributed by atoms with Gasteiger partial charge in [-0.25, -0.2) is 8.42 Å². The first-order valence-corrected chi connectivity index (χ1v) is 11.6. The Balaban J connectivity index is 0.00000784. The van der Waals surface area contributed by atoms with Gasteiger partial charge in [0.15, 0.2) is 11.5 Å². The Bertz CT molecular complexity index is 685. The van der Waals surface area contributed by atoms with Gasteiger partial charge in [0.1, 0.15) is 10.1 Å². The van der Waals surface area contributed by atoms with Crippen LogP contribution in [0, 0.1) is 5.92 Å². The Morgan fingerprint density at radius 3 is 2.10 bits per heavy atom. The summed E-state index contributed by atoms with van der Waals surface area (Å²) < 4.78 is 52.4. The molecule has 0 aromatic heterocycles. The average molecular weight is 439 g/mol. The van der Waals surface area contributed by atoms with Crippen molar-refractivity contribution in [1.29, 1.82) is 0 Å². The Kier molecular flexibility index (Phi) is 14.5. The van der Waals surface area contributed by atoms with Gasteiger partial charge < -0.3 is 18.8 Å². The van der Waals surface area contributed by atoms with Gasteiger partial charge in [-0.3, -0.25) is 0 Å². The van der Waals surface area contributed by atoms with Crippen molar-refractivity contribution < 1.29 is 56.7 Å². The molecular formula is C21H35NaO6S. The second-order valence-corrected chi connectivity index (χ2v) is 8.33. The summed E-state index contributed by atoms with van der Waals surface area (Å²) in [6.07, 6.45) is 4.66. The largest absolute Gasteiger partial charge is 1.00 e. The van der Waals surface area contributed by atoms with E-state index in [4.69, 9.17) is 14.2 Å². The summed E-state index contributed by atoms with van der Waals surface area (Å²) in [6.45, 7) is 9.47. The summed E-state index contributed by atoms with van der Waals surface area (Å²) in [5, 5.41) is 0. The number of rotatable bonds is 14. The van der Waals surface area contributed by atoms with Crippen LogP contribution in [-0.2, 0) is 21.3 Å². The molecule has 162 valence electrons. The third-order valence-electron chi connectivity index (χ3n) is 5.06. The summed E-state index contributed by atoms with van der Waals surface area (Å²) in [5.41, 5.74) is 0.440. The first-order valence-electron chi connectivity index (χ1n) is 10.2. The van der Waals surface area contributed by atoms with Crippen LogP contribution in [0.2, 0.25) is 0 Å². The summed E-state index contributed by atoms with van der Waals surface area (Å²) >= 11 is 0. The average Bonchev–Trinajstić information content (AvgIpc) is 2.68. The molecule has 1 rings (SSSR count). The van der Waals surface area contributed by atoms with E-state index >= 15 is 0 Å². The molecule has 0 aliphatic carbocycles. The fraction of sp³-hybridized carbons (Fsp3) is 0.714. The zero-order chi connectivity index (χ0) is 21.2. The van der Waals surface area contributed by atoms with Crippen LogP contribution in [0.1, 0.15) is 65.4 Å². The van der Waals surface area contributed by atoms with E-state index in [1.807, 2.05) is 13.8 Å². The predicted octanol–water partition coefficient (Wildman–Crippen LogP) is 1.56. The number of hydrogen-bond donors (Lipinski definition) is 0. The Hall–Kier alpha value is -0.310. The van der Waals surface area contributed by atoms with E-state index in [2.05, 4.69) is 13.8 Å². The van der Waals surface area contributed by atoms with Crippen molar-refractivity contribution in [3.05, 3.63) is 17.7 Å². The fourth-order valence-electron chi connectivity index (χ4n) is 3.04. The van der Waals surface area contributed by atoms with Gasteiger partial charge in [0.05, 0.1) is 18.1 Å². The molecule has 29 heavy (non-hydrogen) atoms. The first-order chi connectivity index (χ1) is 13.3. The van der Waals surface area contributed by atoms with E-state index in [9.17, 15) is 13.0 Å². The monoisotopic (exact) mass is 438 g/mol. The molecule has 0 saturated carbocycles. The molecule has 0 fully saturated rings. The molecule has 1 aromatic carbocycles. The van der Waals surface area contributed by atoms with E-state index in [1.165, 1.54) is 13.2 Å². The topological polar surface area (TPSA) is 84.9 Å². The van der Waals surface area contributed by atoms with Crippen LogP contribution < -0.4 is 39.0 Å². The van der Waals surface area contributed by atoms with Gasteiger partial charge in [0.2, 0.25) is 0 Å². The standard InChI is InChI=1S/C21H36O6S.Na/c1-6-16(7-2)15-26-12-10-11-17-13-19(25-5)20(27-18(8-3)9-4)14-21(17)28(22,23)24;/h13-14,16,18H,6-12,15H2,1-5H3,(H,22,23,24);/q;+1/p-1. The third-order valence-corrected chi connectivity index (χ3v) is 5.98. The van der Waals surface area contributed by atoms with Crippen molar-refractivity contribution in [3.8, 4) is 11.5 Å². The quantitative estimate of drug-likeness (QED) is 0.249. The summed E-state index contributed by atoms with van der Waals surface area (Å²) in [4.78, 5) is -0.241. The maximum atomic E-state index is 11.8. The molecule has 0 unspecified atom stereocenters. The van der Waals surface area contributed by atoms with Gasteiger partial charge in [0.25, 0.3) is 0 Å². The minimum atomic E-state index is -4.62. The summed E-state index contributed by atoms with van der Waals surface area (Å²) in [5.74, 6) is 1.27. The number of hydrogen-bond acceptors (Lipinski definition) is 6. The minimum absolute atomic E-state index is 0. The van der Waals surface area contributed by atoms with Crippen LogP contribution >= 0.6 is 0 Å². The summed E-state index contributed by atoms with van der Waals surface area (Å²) in [7, 11) is -3.12.